The minimum Gasteiger partial charge on any atom is -0.494 e. The zero-order valence-corrected chi connectivity index (χ0v) is 58.2. The molecule has 10 aromatic rings. The largest absolute Gasteiger partial charge is 0.494 e. The fourth-order valence-electron chi connectivity index (χ4n) is 10.9. The molecule has 0 N–H and O–H groups in total. The summed E-state index contributed by atoms with van der Waals surface area (Å²) in [4.78, 5) is 54.1. The molecule has 0 fully saturated rings. The van der Waals surface area contributed by atoms with Crippen molar-refractivity contribution in [3.63, 3.8) is 0 Å². The molecule has 0 spiro atoms. The SMILES string of the molecule is CC(C)CCC[C@H](C)CCOc1ccc(C(=O)Oc2ccc(-n3cc(-c4nc(-c5cn(-c6ccc(OC(=O)c7ccc(OCC[C@@H](C)CCCC(C)C)cc7)cc6)nn5)nc(-c5cn(-c6ccc(OC(=O)c7ccc(OCC[C@@H](C)CCCC(C)C)cc7)cc6)nn5)n4)nn3)cc2)cc1. The van der Waals surface area contributed by atoms with E-state index in [1.54, 1.807) is 164 Å². The third-order valence-electron chi connectivity index (χ3n) is 17.1. The fraction of sp³-hybridized carbons (Fsp3) is 0.385. The number of aromatic nitrogens is 12. The molecular weight excluding hydrogens is 1250 g/mol. The van der Waals surface area contributed by atoms with Crippen LogP contribution in [0.2, 0.25) is 0 Å². The van der Waals surface area contributed by atoms with Crippen LogP contribution in [-0.2, 0) is 0 Å². The first-order valence-electron chi connectivity index (χ1n) is 34.6. The van der Waals surface area contributed by atoms with E-state index in [-0.39, 0.29) is 34.6 Å². The first-order valence-corrected chi connectivity index (χ1v) is 34.6. The molecule has 6 aromatic carbocycles. The van der Waals surface area contributed by atoms with Crippen molar-refractivity contribution in [2.45, 2.75) is 139 Å². The fourth-order valence-corrected chi connectivity index (χ4v) is 10.9. The standard InChI is InChI=1S/C78H90N12O9/c1-52(2)13-10-16-55(7)43-46-94-64-31-19-58(20-32-64)76(91)97-67-37-25-61(26-38-67)88-49-70(82-85-88)73-79-74(71-50-89(86-83-71)62-27-39-68(40-28-62)98-77(92)59-21-33-65(34-22-59)95-47-44-56(8)17-11-14-53(3)4)81-75(80-73)72-51-90(87-84-72)63-29-41-69(42-30-63)99-78(93)60-23-35-66(36-24-60)96-48-45-57(9)18-12-15-54(5)6/h19-42,49-57H,10-18,43-48H2,1-9H3/t55-,56-,57-/m0/s1. The van der Waals surface area contributed by atoms with Crippen LogP contribution < -0.4 is 28.4 Å². The predicted octanol–water partition coefficient (Wildman–Crippen LogP) is 17.0. The summed E-state index contributed by atoms with van der Waals surface area (Å²) in [5, 5.41) is 26.6. The molecule has 0 aliphatic rings. The maximum Gasteiger partial charge on any atom is 0.343 e. The third kappa shape index (κ3) is 21.5. The summed E-state index contributed by atoms with van der Waals surface area (Å²) in [5.41, 5.74) is 3.83. The lowest BCUT2D eigenvalue weighted by molar-refractivity contribution is 0.0725. The van der Waals surface area contributed by atoms with E-state index in [9.17, 15) is 14.4 Å². The van der Waals surface area contributed by atoms with Crippen molar-refractivity contribution >= 4 is 17.9 Å². The summed E-state index contributed by atoms with van der Waals surface area (Å²) in [5.74, 6) is 5.84. The van der Waals surface area contributed by atoms with Crippen LogP contribution in [0.1, 0.15) is 170 Å². The van der Waals surface area contributed by atoms with Crippen molar-refractivity contribution < 1.29 is 42.8 Å². The summed E-state index contributed by atoms with van der Waals surface area (Å²) in [6.07, 6.45) is 18.8. The Morgan fingerprint density at radius 2 is 0.556 bits per heavy atom. The monoisotopic (exact) mass is 1340 g/mol. The molecule has 99 heavy (non-hydrogen) atoms. The lowest BCUT2D eigenvalue weighted by Gasteiger charge is -2.13. The van der Waals surface area contributed by atoms with E-state index >= 15 is 0 Å². The highest BCUT2D eigenvalue weighted by molar-refractivity contribution is 5.92. The van der Waals surface area contributed by atoms with Gasteiger partial charge in [0.1, 0.15) is 34.5 Å². The molecule has 0 aliphatic carbocycles. The van der Waals surface area contributed by atoms with Gasteiger partial charge in [0.15, 0.2) is 34.6 Å². The van der Waals surface area contributed by atoms with Gasteiger partial charge in [-0.25, -0.2) is 43.4 Å². The molecule has 10 rings (SSSR count). The number of benzene rings is 6. The smallest absolute Gasteiger partial charge is 0.343 e. The van der Waals surface area contributed by atoms with Crippen LogP contribution in [0.3, 0.4) is 0 Å². The number of esters is 3. The maximum absolute atomic E-state index is 13.2. The van der Waals surface area contributed by atoms with Gasteiger partial charge in [-0.1, -0.05) is 136 Å². The molecule has 4 heterocycles. The topological polar surface area (TPSA) is 237 Å². The number of rotatable bonds is 36. The van der Waals surface area contributed by atoms with Crippen LogP contribution in [0, 0.1) is 35.5 Å². The Kier molecular flexibility index (Phi) is 25.3. The first-order chi connectivity index (χ1) is 47.9. The highest BCUT2D eigenvalue weighted by atomic mass is 16.5. The lowest BCUT2D eigenvalue weighted by atomic mass is 9.98. The highest BCUT2D eigenvalue weighted by Gasteiger charge is 2.21. The van der Waals surface area contributed by atoms with E-state index in [4.69, 9.17) is 43.4 Å². The van der Waals surface area contributed by atoms with Gasteiger partial charge in [-0.15, -0.1) is 15.3 Å². The van der Waals surface area contributed by atoms with Gasteiger partial charge in [0.25, 0.3) is 0 Å². The van der Waals surface area contributed by atoms with Crippen molar-refractivity contribution in [3.8, 4) is 86.1 Å². The molecule has 21 heteroatoms. The van der Waals surface area contributed by atoms with Gasteiger partial charge in [-0.05, 0) is 200 Å². The van der Waals surface area contributed by atoms with Gasteiger partial charge in [-0.3, -0.25) is 0 Å². The van der Waals surface area contributed by atoms with Crippen molar-refractivity contribution in [1.29, 1.82) is 0 Å². The second kappa shape index (κ2) is 35.2. The predicted molar refractivity (Wildman–Crippen MR) is 379 cm³/mol. The average molecular weight is 1340 g/mol. The Hall–Kier alpha value is -10.4. The molecule has 0 saturated heterocycles. The van der Waals surface area contributed by atoms with E-state index in [2.05, 4.69) is 93.2 Å². The Morgan fingerprint density at radius 3 is 0.798 bits per heavy atom. The van der Waals surface area contributed by atoms with Gasteiger partial charge in [0.05, 0.1) is 72.2 Å². The average Bonchev–Trinajstić information content (AvgIpc) is 1.67. The number of carbonyl (C=O) groups is 3. The second-order valence-corrected chi connectivity index (χ2v) is 26.9. The quantitative estimate of drug-likeness (QED) is 0.0262. The summed E-state index contributed by atoms with van der Waals surface area (Å²) < 4.78 is 39.8. The number of hydrogen-bond acceptors (Lipinski definition) is 18. The van der Waals surface area contributed by atoms with E-state index < -0.39 is 17.9 Å². The maximum atomic E-state index is 13.2. The number of ether oxygens (including phenoxy) is 6. The van der Waals surface area contributed by atoms with Gasteiger partial charge in [0.2, 0.25) is 0 Å². The van der Waals surface area contributed by atoms with Crippen LogP contribution in [0.25, 0.3) is 51.6 Å². The summed E-state index contributed by atoms with van der Waals surface area (Å²) in [7, 11) is 0. The highest BCUT2D eigenvalue weighted by Crippen LogP contribution is 2.28. The van der Waals surface area contributed by atoms with Crippen LogP contribution in [0.15, 0.2) is 164 Å². The van der Waals surface area contributed by atoms with Crippen molar-refractivity contribution in [2.75, 3.05) is 19.8 Å². The molecule has 0 aliphatic heterocycles. The molecule has 3 atom stereocenters. The number of carbonyl (C=O) groups excluding carboxylic acids is 3. The van der Waals surface area contributed by atoms with Crippen molar-refractivity contribution in [2.24, 2.45) is 35.5 Å². The van der Waals surface area contributed by atoms with Crippen molar-refractivity contribution in [1.82, 2.24) is 59.9 Å². The molecule has 516 valence electrons. The normalized spacial score (nSPS) is 12.4. The lowest BCUT2D eigenvalue weighted by Crippen LogP contribution is -2.09. The zero-order valence-electron chi connectivity index (χ0n) is 58.2. The van der Waals surface area contributed by atoms with E-state index in [0.29, 0.717) is 124 Å². The van der Waals surface area contributed by atoms with Crippen LogP contribution in [0.5, 0.6) is 34.5 Å². The van der Waals surface area contributed by atoms with E-state index in [1.807, 2.05) is 0 Å². The van der Waals surface area contributed by atoms with Gasteiger partial charge in [-0.2, -0.15) is 0 Å². The first kappa shape index (κ1) is 71.3. The second-order valence-electron chi connectivity index (χ2n) is 26.9. The van der Waals surface area contributed by atoms with Crippen LogP contribution in [0.4, 0.5) is 0 Å². The Labute approximate surface area is 579 Å². The number of nitrogens with zero attached hydrogens (tertiary/aromatic N) is 12. The third-order valence-corrected chi connectivity index (χ3v) is 17.1. The summed E-state index contributed by atoms with van der Waals surface area (Å²) in [6.45, 7) is 22.1. The Bertz CT molecular complexity index is 3730. The summed E-state index contributed by atoms with van der Waals surface area (Å²) >= 11 is 0. The molecule has 21 nitrogen and oxygen atoms in total. The molecule has 0 unspecified atom stereocenters. The minimum absolute atomic E-state index is 0.135. The number of hydrogen-bond donors (Lipinski definition) is 0. The van der Waals surface area contributed by atoms with Crippen molar-refractivity contribution in [3.05, 3.63) is 181 Å². The Morgan fingerprint density at radius 1 is 0.313 bits per heavy atom. The van der Waals surface area contributed by atoms with Gasteiger partial charge >= 0.3 is 17.9 Å². The molecule has 0 bridgehead atoms. The molecule has 0 saturated carbocycles. The zero-order chi connectivity index (χ0) is 69.6. The van der Waals surface area contributed by atoms with Crippen LogP contribution >= 0.6 is 0 Å². The molecular formula is C78H90N12O9. The van der Waals surface area contributed by atoms with E-state index in [1.165, 1.54) is 71.8 Å². The Balaban J connectivity index is 0.804. The molecule has 4 aromatic heterocycles. The molecule has 0 amide bonds. The van der Waals surface area contributed by atoms with Gasteiger partial charge in [0, 0.05) is 0 Å². The van der Waals surface area contributed by atoms with Crippen LogP contribution in [-0.4, -0.2) is 97.7 Å². The van der Waals surface area contributed by atoms with E-state index in [0.717, 1.165) is 19.3 Å². The summed E-state index contributed by atoms with van der Waals surface area (Å²) in [6, 6.07) is 41.4. The molecule has 0 radical (unpaired) electrons. The van der Waals surface area contributed by atoms with Gasteiger partial charge < -0.3 is 28.4 Å². The minimum atomic E-state index is -0.510.